The Hall–Kier alpha value is -4.02. The second kappa shape index (κ2) is 9.45. The van der Waals surface area contributed by atoms with Gasteiger partial charge in [-0.2, -0.15) is 5.10 Å². The van der Waals surface area contributed by atoms with E-state index < -0.39 is 5.54 Å². The lowest BCUT2D eigenvalue weighted by atomic mass is 9.77. The summed E-state index contributed by atoms with van der Waals surface area (Å²) in [6, 6.07) is 40.7. The molecular formula is C33H26BrN3. The zero-order chi connectivity index (χ0) is 25.4. The van der Waals surface area contributed by atoms with Crippen LogP contribution in [0.5, 0.6) is 0 Å². The molecule has 3 nitrogen and oxygen atoms in total. The first-order chi connectivity index (χ1) is 18.1. The van der Waals surface area contributed by atoms with E-state index in [1.807, 2.05) is 19.2 Å². The molecule has 0 fully saturated rings. The minimum atomic E-state index is -0.692. The van der Waals surface area contributed by atoms with Gasteiger partial charge in [0.1, 0.15) is 11.2 Å². The summed E-state index contributed by atoms with van der Waals surface area (Å²) >= 11 is 3.78. The maximum absolute atomic E-state index is 5.45. The fourth-order valence-corrected chi connectivity index (χ4v) is 5.65. The lowest BCUT2D eigenvalue weighted by Gasteiger charge is -2.37. The highest BCUT2D eigenvalue weighted by atomic mass is 79.9. The van der Waals surface area contributed by atoms with Gasteiger partial charge in [0.2, 0.25) is 0 Å². The van der Waals surface area contributed by atoms with Crippen LogP contribution in [0.25, 0.3) is 22.2 Å². The van der Waals surface area contributed by atoms with Crippen molar-refractivity contribution in [1.82, 2.24) is 14.8 Å². The van der Waals surface area contributed by atoms with Gasteiger partial charge in [-0.05, 0) is 60.4 Å². The molecule has 0 aliphatic carbocycles. The number of aromatic nitrogens is 3. The predicted octanol–water partition coefficient (Wildman–Crippen LogP) is 8.32. The van der Waals surface area contributed by atoms with Crippen molar-refractivity contribution in [3.8, 4) is 11.3 Å². The van der Waals surface area contributed by atoms with Crippen LogP contribution >= 0.6 is 15.9 Å². The first kappa shape index (κ1) is 23.4. The molecule has 0 bridgehead atoms. The van der Waals surface area contributed by atoms with Gasteiger partial charge >= 0.3 is 0 Å². The van der Waals surface area contributed by atoms with Gasteiger partial charge in [0.05, 0.1) is 5.52 Å². The van der Waals surface area contributed by atoms with Crippen LogP contribution in [0.1, 0.15) is 27.9 Å². The van der Waals surface area contributed by atoms with Crippen molar-refractivity contribution >= 4 is 26.8 Å². The molecule has 4 aromatic carbocycles. The average molecular weight is 544 g/mol. The fourth-order valence-electron chi connectivity index (χ4n) is 5.31. The number of benzene rings is 4. The first-order valence-electron chi connectivity index (χ1n) is 12.4. The van der Waals surface area contributed by atoms with Crippen molar-refractivity contribution in [1.29, 1.82) is 0 Å². The number of halogens is 1. The summed E-state index contributed by atoms with van der Waals surface area (Å²) < 4.78 is 3.30. The Morgan fingerprint density at radius 3 is 1.73 bits per heavy atom. The Labute approximate surface area is 225 Å². The summed E-state index contributed by atoms with van der Waals surface area (Å²) in [7, 11) is 0. The highest BCUT2D eigenvalue weighted by Gasteiger charge is 2.41. The highest BCUT2D eigenvalue weighted by Crippen LogP contribution is 2.44. The van der Waals surface area contributed by atoms with Gasteiger partial charge in [-0.15, -0.1) is 0 Å². The van der Waals surface area contributed by atoms with Crippen LogP contribution < -0.4 is 0 Å². The van der Waals surface area contributed by atoms with Crippen molar-refractivity contribution in [2.24, 2.45) is 0 Å². The van der Waals surface area contributed by atoms with E-state index >= 15 is 0 Å². The maximum Gasteiger partial charge on any atom is 0.138 e. The molecule has 6 aromatic rings. The van der Waals surface area contributed by atoms with Crippen LogP contribution in [-0.4, -0.2) is 14.8 Å². The molecule has 0 saturated carbocycles. The summed E-state index contributed by atoms with van der Waals surface area (Å²) in [4.78, 5) is 4.43. The number of hydrogen-bond donors (Lipinski definition) is 0. The van der Waals surface area contributed by atoms with Gasteiger partial charge < -0.3 is 0 Å². The number of hydrogen-bond acceptors (Lipinski definition) is 2. The lowest BCUT2D eigenvalue weighted by molar-refractivity contribution is 0.477. The molecule has 37 heavy (non-hydrogen) atoms. The standard InChI is InChI=1S/C33H26BrN3/c1-23-20-31-29(22-30(23)34)32(25-18-19-35-24(2)21-25)36-37(31)33(26-12-6-3-7-13-26,27-14-8-4-9-15-27)28-16-10-5-11-17-28/h3-22H,1-2H3. The molecular weight excluding hydrogens is 518 g/mol. The molecule has 0 radical (unpaired) electrons. The molecule has 0 N–H and O–H groups in total. The molecule has 0 saturated heterocycles. The molecule has 4 heteroatoms. The SMILES string of the molecule is Cc1cc(-c2nn(C(c3ccccc3)(c3ccccc3)c3ccccc3)c3cc(C)c(Br)cc23)ccn1. The zero-order valence-electron chi connectivity index (χ0n) is 20.8. The zero-order valence-corrected chi connectivity index (χ0v) is 22.4. The molecule has 2 aromatic heterocycles. The smallest absolute Gasteiger partial charge is 0.138 e. The van der Waals surface area contributed by atoms with Crippen LogP contribution in [0.2, 0.25) is 0 Å². The van der Waals surface area contributed by atoms with Crippen molar-refractivity contribution in [2.75, 3.05) is 0 Å². The van der Waals surface area contributed by atoms with Crippen molar-refractivity contribution in [3.63, 3.8) is 0 Å². The molecule has 0 atom stereocenters. The molecule has 180 valence electrons. The summed E-state index contributed by atoms with van der Waals surface area (Å²) in [6.45, 7) is 4.15. The van der Waals surface area contributed by atoms with Crippen LogP contribution in [0.3, 0.4) is 0 Å². The monoisotopic (exact) mass is 543 g/mol. The van der Waals surface area contributed by atoms with E-state index in [9.17, 15) is 0 Å². The van der Waals surface area contributed by atoms with E-state index in [-0.39, 0.29) is 0 Å². The second-order valence-electron chi connectivity index (χ2n) is 9.37. The predicted molar refractivity (Wildman–Crippen MR) is 155 cm³/mol. The van der Waals surface area contributed by atoms with E-state index in [1.54, 1.807) is 0 Å². The molecule has 0 aliphatic rings. The Kier molecular flexibility index (Phi) is 5.97. The summed E-state index contributed by atoms with van der Waals surface area (Å²) in [5.74, 6) is 0. The van der Waals surface area contributed by atoms with Gasteiger partial charge in [0.25, 0.3) is 0 Å². The molecule has 2 heterocycles. The number of aryl methyl sites for hydroxylation is 2. The van der Waals surface area contributed by atoms with Gasteiger partial charge in [-0.25, -0.2) is 4.68 Å². The van der Waals surface area contributed by atoms with E-state index in [4.69, 9.17) is 5.10 Å². The Balaban J connectivity index is 1.82. The minimum Gasteiger partial charge on any atom is -0.262 e. The van der Waals surface area contributed by atoms with Crippen LogP contribution in [0.15, 0.2) is 126 Å². The Bertz CT molecular complexity index is 1590. The molecule has 0 spiro atoms. The number of pyridine rings is 1. The molecule has 0 amide bonds. The van der Waals surface area contributed by atoms with Gasteiger partial charge in [-0.3, -0.25) is 4.98 Å². The summed E-state index contributed by atoms with van der Waals surface area (Å²) in [5.41, 5.74) is 7.94. The summed E-state index contributed by atoms with van der Waals surface area (Å²) in [5, 5.41) is 6.55. The molecule has 0 unspecified atom stereocenters. The normalized spacial score (nSPS) is 11.6. The summed E-state index contributed by atoms with van der Waals surface area (Å²) in [6.07, 6.45) is 1.86. The Morgan fingerprint density at radius 2 is 1.22 bits per heavy atom. The first-order valence-corrected chi connectivity index (χ1v) is 13.2. The van der Waals surface area contributed by atoms with E-state index in [0.717, 1.165) is 54.6 Å². The topological polar surface area (TPSA) is 30.7 Å². The van der Waals surface area contributed by atoms with Gasteiger partial charge in [-0.1, -0.05) is 107 Å². The van der Waals surface area contributed by atoms with Crippen molar-refractivity contribution < 1.29 is 0 Å². The van der Waals surface area contributed by atoms with Crippen molar-refractivity contribution in [3.05, 3.63) is 154 Å². The minimum absolute atomic E-state index is 0.692. The van der Waals surface area contributed by atoms with Crippen LogP contribution in [0, 0.1) is 13.8 Å². The largest absolute Gasteiger partial charge is 0.262 e. The third-order valence-corrected chi connectivity index (χ3v) is 7.88. The maximum atomic E-state index is 5.45. The van der Waals surface area contributed by atoms with Gasteiger partial charge in [0, 0.05) is 27.3 Å². The van der Waals surface area contributed by atoms with Crippen molar-refractivity contribution in [2.45, 2.75) is 19.4 Å². The number of fused-ring (bicyclic) bond motifs is 1. The second-order valence-corrected chi connectivity index (χ2v) is 10.2. The lowest BCUT2D eigenvalue weighted by Crippen LogP contribution is -2.38. The molecule has 6 rings (SSSR count). The Morgan fingerprint density at radius 1 is 0.676 bits per heavy atom. The van der Waals surface area contributed by atoms with Crippen LogP contribution in [-0.2, 0) is 5.54 Å². The third kappa shape index (κ3) is 3.89. The van der Waals surface area contributed by atoms with Crippen LogP contribution in [0.4, 0.5) is 0 Å². The van der Waals surface area contributed by atoms with Gasteiger partial charge in [0.15, 0.2) is 0 Å². The molecule has 0 aliphatic heterocycles. The average Bonchev–Trinajstić information content (AvgIpc) is 3.29. The van der Waals surface area contributed by atoms with E-state index in [2.05, 4.69) is 142 Å². The highest BCUT2D eigenvalue weighted by molar-refractivity contribution is 9.10. The fraction of sp³-hybridized carbons (Fsp3) is 0.0909. The number of nitrogens with zero attached hydrogens (tertiary/aromatic N) is 3. The quantitative estimate of drug-likeness (QED) is 0.204. The van der Waals surface area contributed by atoms with E-state index in [0.29, 0.717) is 0 Å². The third-order valence-electron chi connectivity index (χ3n) is 7.02. The number of rotatable bonds is 5. The van der Waals surface area contributed by atoms with E-state index in [1.165, 1.54) is 0 Å².